The van der Waals surface area contributed by atoms with E-state index in [4.69, 9.17) is 15.2 Å². The van der Waals surface area contributed by atoms with Crippen molar-refractivity contribution >= 4 is 5.97 Å². The molecule has 4 nitrogen and oxygen atoms in total. The van der Waals surface area contributed by atoms with E-state index in [1.807, 2.05) is 0 Å². The van der Waals surface area contributed by atoms with Gasteiger partial charge in [-0.25, -0.2) is 4.79 Å². The third-order valence-corrected chi connectivity index (χ3v) is 1.89. The smallest absolute Gasteiger partial charge is 0.335 e. The summed E-state index contributed by atoms with van der Waals surface area (Å²) in [4.78, 5) is 11.2. The van der Waals surface area contributed by atoms with Gasteiger partial charge in [-0.05, 0) is 25.8 Å². The molecule has 0 aliphatic heterocycles. The molecule has 0 aromatic heterocycles. The normalized spacial score (nSPS) is 10.0. The van der Waals surface area contributed by atoms with Crippen LogP contribution in [0.1, 0.15) is 32.6 Å². The topological polar surface area (TPSA) is 61.6 Å². The number of esters is 1. The highest BCUT2D eigenvalue weighted by Gasteiger charge is 2.07. The lowest BCUT2D eigenvalue weighted by atomic mass is 10.2. The summed E-state index contributed by atoms with van der Waals surface area (Å²) < 4.78 is 9.94. The van der Waals surface area contributed by atoms with E-state index in [1.54, 1.807) is 0 Å². The van der Waals surface area contributed by atoms with Crippen molar-refractivity contribution in [2.75, 3.05) is 19.9 Å². The maximum Gasteiger partial charge on any atom is 0.335 e. The van der Waals surface area contributed by atoms with Gasteiger partial charge in [0.15, 0.2) is 6.79 Å². The van der Waals surface area contributed by atoms with Gasteiger partial charge in [-0.3, -0.25) is 0 Å². The summed E-state index contributed by atoms with van der Waals surface area (Å²) in [7, 11) is 0. The van der Waals surface area contributed by atoms with E-state index in [-0.39, 0.29) is 12.8 Å². The molecule has 0 unspecified atom stereocenters. The Bertz CT molecular complexity index is 192. The van der Waals surface area contributed by atoms with Gasteiger partial charge < -0.3 is 15.2 Å². The number of ether oxygens (including phenoxy) is 2. The Morgan fingerprint density at radius 3 is 2.73 bits per heavy atom. The summed E-state index contributed by atoms with van der Waals surface area (Å²) in [5.74, 6) is -0.389. The van der Waals surface area contributed by atoms with Gasteiger partial charge in [0.2, 0.25) is 0 Å². The Morgan fingerprint density at radius 2 is 2.13 bits per heavy atom. The highest BCUT2D eigenvalue weighted by atomic mass is 16.7. The van der Waals surface area contributed by atoms with E-state index in [1.165, 1.54) is 0 Å². The lowest BCUT2D eigenvalue weighted by Gasteiger charge is -2.06. The van der Waals surface area contributed by atoms with Crippen LogP contribution in [0.2, 0.25) is 0 Å². The molecule has 0 aromatic carbocycles. The van der Waals surface area contributed by atoms with Crippen molar-refractivity contribution in [2.24, 2.45) is 5.73 Å². The number of carbonyl (C=O) groups excluding carboxylic acids is 1. The SMILES string of the molecule is C=C(CCCN)C(=O)OCOCCCC. The Kier molecular flexibility index (Phi) is 9.11. The zero-order valence-electron chi connectivity index (χ0n) is 9.46. The second kappa shape index (κ2) is 9.68. The number of rotatable bonds is 9. The molecule has 0 amide bonds. The lowest BCUT2D eigenvalue weighted by Crippen LogP contribution is -2.12. The first-order chi connectivity index (χ1) is 7.22. The average Bonchev–Trinajstić information content (AvgIpc) is 2.25. The Hall–Kier alpha value is -0.870. The third kappa shape index (κ3) is 8.15. The van der Waals surface area contributed by atoms with Crippen molar-refractivity contribution in [1.82, 2.24) is 0 Å². The minimum atomic E-state index is -0.389. The summed E-state index contributed by atoms with van der Waals surface area (Å²) in [5.41, 5.74) is 5.77. The number of unbranched alkanes of at least 4 members (excludes halogenated alkanes) is 1. The van der Waals surface area contributed by atoms with Gasteiger partial charge in [-0.1, -0.05) is 19.9 Å². The zero-order valence-corrected chi connectivity index (χ0v) is 9.46. The van der Waals surface area contributed by atoms with E-state index >= 15 is 0 Å². The molecule has 0 radical (unpaired) electrons. The van der Waals surface area contributed by atoms with Crippen LogP contribution in [0.5, 0.6) is 0 Å². The van der Waals surface area contributed by atoms with E-state index in [2.05, 4.69) is 13.5 Å². The fourth-order valence-electron chi connectivity index (χ4n) is 0.920. The summed E-state index contributed by atoms with van der Waals surface area (Å²) >= 11 is 0. The number of hydrogen-bond donors (Lipinski definition) is 1. The minimum Gasteiger partial charge on any atom is -0.435 e. The summed E-state index contributed by atoms with van der Waals surface area (Å²) in [5, 5.41) is 0. The molecule has 0 spiro atoms. The van der Waals surface area contributed by atoms with Crippen LogP contribution in [0.3, 0.4) is 0 Å². The van der Waals surface area contributed by atoms with Crippen LogP contribution in [0.15, 0.2) is 12.2 Å². The average molecular weight is 215 g/mol. The summed E-state index contributed by atoms with van der Waals surface area (Å²) in [6.45, 7) is 6.89. The van der Waals surface area contributed by atoms with Crippen molar-refractivity contribution in [2.45, 2.75) is 32.6 Å². The fourth-order valence-corrected chi connectivity index (χ4v) is 0.920. The first-order valence-corrected chi connectivity index (χ1v) is 5.35. The number of hydrogen-bond acceptors (Lipinski definition) is 4. The van der Waals surface area contributed by atoms with Crippen LogP contribution >= 0.6 is 0 Å². The molecule has 0 atom stereocenters. The minimum absolute atomic E-state index is 0.0144. The molecule has 0 aliphatic carbocycles. The molecule has 4 heteroatoms. The quantitative estimate of drug-likeness (QED) is 0.275. The van der Waals surface area contributed by atoms with Crippen LogP contribution in [0.4, 0.5) is 0 Å². The molecular weight excluding hydrogens is 194 g/mol. The molecule has 0 fully saturated rings. The van der Waals surface area contributed by atoms with Gasteiger partial charge in [0.25, 0.3) is 0 Å². The van der Waals surface area contributed by atoms with Crippen LogP contribution in [-0.4, -0.2) is 25.9 Å². The molecular formula is C11H21NO3. The molecule has 0 saturated carbocycles. The van der Waals surface area contributed by atoms with Gasteiger partial charge in [0, 0.05) is 5.57 Å². The number of nitrogens with two attached hydrogens (primary N) is 1. The number of carbonyl (C=O) groups is 1. The molecule has 0 aromatic rings. The monoisotopic (exact) mass is 215 g/mol. The molecule has 15 heavy (non-hydrogen) atoms. The van der Waals surface area contributed by atoms with Crippen molar-refractivity contribution in [3.8, 4) is 0 Å². The third-order valence-electron chi connectivity index (χ3n) is 1.89. The first-order valence-electron chi connectivity index (χ1n) is 5.35. The molecule has 88 valence electrons. The van der Waals surface area contributed by atoms with Gasteiger partial charge in [-0.2, -0.15) is 0 Å². The molecule has 0 rings (SSSR count). The Labute approximate surface area is 91.4 Å². The molecule has 0 bridgehead atoms. The van der Waals surface area contributed by atoms with Crippen molar-refractivity contribution < 1.29 is 14.3 Å². The van der Waals surface area contributed by atoms with E-state index < -0.39 is 0 Å². The summed E-state index contributed by atoms with van der Waals surface area (Å²) in [6, 6.07) is 0. The fraction of sp³-hybridized carbons (Fsp3) is 0.727. The second-order valence-electron chi connectivity index (χ2n) is 3.31. The Balaban J connectivity index is 3.43. The van der Waals surface area contributed by atoms with Crippen LogP contribution in [-0.2, 0) is 14.3 Å². The zero-order chi connectivity index (χ0) is 11.5. The molecule has 0 saturated heterocycles. The van der Waals surface area contributed by atoms with Crippen molar-refractivity contribution in [1.29, 1.82) is 0 Å². The summed E-state index contributed by atoms with van der Waals surface area (Å²) in [6.07, 6.45) is 3.39. The van der Waals surface area contributed by atoms with E-state index in [0.717, 1.165) is 19.3 Å². The van der Waals surface area contributed by atoms with Crippen molar-refractivity contribution in [3.05, 3.63) is 12.2 Å². The van der Waals surface area contributed by atoms with Crippen LogP contribution in [0, 0.1) is 0 Å². The predicted octanol–water partition coefficient (Wildman–Crippen LogP) is 1.60. The maximum atomic E-state index is 11.2. The highest BCUT2D eigenvalue weighted by Crippen LogP contribution is 2.03. The standard InChI is InChI=1S/C11H21NO3/c1-3-4-8-14-9-15-11(13)10(2)6-5-7-12/h2-9,12H2,1H3. The van der Waals surface area contributed by atoms with Crippen LogP contribution in [0.25, 0.3) is 0 Å². The first kappa shape index (κ1) is 14.1. The molecule has 2 N–H and O–H groups in total. The highest BCUT2D eigenvalue weighted by molar-refractivity contribution is 5.87. The second-order valence-corrected chi connectivity index (χ2v) is 3.31. The van der Waals surface area contributed by atoms with Gasteiger partial charge in [-0.15, -0.1) is 0 Å². The van der Waals surface area contributed by atoms with Gasteiger partial charge >= 0.3 is 5.97 Å². The Morgan fingerprint density at radius 1 is 1.40 bits per heavy atom. The van der Waals surface area contributed by atoms with Gasteiger partial charge in [0.1, 0.15) is 0 Å². The van der Waals surface area contributed by atoms with E-state index in [9.17, 15) is 4.79 Å². The van der Waals surface area contributed by atoms with Crippen molar-refractivity contribution in [3.63, 3.8) is 0 Å². The molecule has 0 heterocycles. The largest absolute Gasteiger partial charge is 0.435 e. The van der Waals surface area contributed by atoms with E-state index in [0.29, 0.717) is 25.1 Å². The van der Waals surface area contributed by atoms with Crippen LogP contribution < -0.4 is 5.73 Å². The van der Waals surface area contributed by atoms with Gasteiger partial charge in [0.05, 0.1) is 6.61 Å². The predicted molar refractivity (Wildman–Crippen MR) is 59.2 cm³/mol. The lowest BCUT2D eigenvalue weighted by molar-refractivity contribution is -0.151. The molecule has 0 aliphatic rings. The maximum absolute atomic E-state index is 11.2.